The van der Waals surface area contributed by atoms with Crippen molar-refractivity contribution in [1.29, 1.82) is 0 Å². The van der Waals surface area contributed by atoms with Crippen LogP contribution in [0.15, 0.2) is 17.5 Å². The van der Waals surface area contributed by atoms with Crippen LogP contribution < -0.4 is 5.32 Å². The Bertz CT molecular complexity index is 281. The summed E-state index contributed by atoms with van der Waals surface area (Å²) < 4.78 is 0. The summed E-state index contributed by atoms with van der Waals surface area (Å²) >= 11 is 1.85. The van der Waals surface area contributed by atoms with Gasteiger partial charge in [-0.3, -0.25) is 0 Å². The molecule has 0 aliphatic heterocycles. The first-order valence-electron chi connectivity index (χ1n) is 6.04. The summed E-state index contributed by atoms with van der Waals surface area (Å²) in [7, 11) is 0. The summed E-state index contributed by atoms with van der Waals surface area (Å²) in [6, 6.07) is 4.88. The lowest BCUT2D eigenvalue weighted by Gasteiger charge is -2.19. The molecule has 0 radical (unpaired) electrons. The van der Waals surface area contributed by atoms with Crippen LogP contribution in [0.25, 0.3) is 0 Å². The van der Waals surface area contributed by atoms with Crippen molar-refractivity contribution in [2.45, 2.75) is 39.2 Å². The van der Waals surface area contributed by atoms with E-state index in [-0.39, 0.29) is 0 Å². The first-order valence-corrected chi connectivity index (χ1v) is 6.92. The van der Waals surface area contributed by atoms with Crippen LogP contribution >= 0.6 is 11.3 Å². The molecule has 1 saturated carbocycles. The first-order chi connectivity index (χ1) is 7.27. The fraction of sp³-hybridized carbons (Fsp3) is 0.692. The Morgan fingerprint density at radius 1 is 1.53 bits per heavy atom. The van der Waals surface area contributed by atoms with Gasteiger partial charge in [-0.2, -0.15) is 0 Å². The molecular weight excluding hydrogens is 202 g/mol. The molecule has 0 amide bonds. The van der Waals surface area contributed by atoms with Crippen LogP contribution in [0.2, 0.25) is 0 Å². The summed E-state index contributed by atoms with van der Waals surface area (Å²) in [5.74, 6) is 1.83. The van der Waals surface area contributed by atoms with E-state index in [1.165, 1.54) is 30.7 Å². The lowest BCUT2D eigenvalue weighted by atomic mass is 9.98. The molecule has 0 bridgehead atoms. The second-order valence-electron chi connectivity index (χ2n) is 4.81. The molecular formula is C13H21NS. The van der Waals surface area contributed by atoms with Crippen molar-refractivity contribution in [3.05, 3.63) is 22.4 Å². The highest BCUT2D eigenvalue weighted by atomic mass is 32.1. The van der Waals surface area contributed by atoms with E-state index in [1.807, 2.05) is 11.3 Å². The Hall–Kier alpha value is -0.340. The Balaban J connectivity index is 1.78. The van der Waals surface area contributed by atoms with Gasteiger partial charge >= 0.3 is 0 Å². The number of nitrogens with one attached hydrogen (secondary N) is 1. The lowest BCUT2D eigenvalue weighted by molar-refractivity contribution is 0.376. The highest BCUT2D eigenvalue weighted by Crippen LogP contribution is 2.31. The lowest BCUT2D eigenvalue weighted by Crippen LogP contribution is -2.26. The SMILES string of the molecule is CC(NCC1CCCC1C)c1cccs1. The molecule has 2 rings (SSSR count). The minimum Gasteiger partial charge on any atom is -0.309 e. The fourth-order valence-corrected chi connectivity index (χ4v) is 3.25. The van der Waals surface area contributed by atoms with Crippen molar-refractivity contribution >= 4 is 11.3 Å². The van der Waals surface area contributed by atoms with Crippen LogP contribution in [0.1, 0.15) is 44.0 Å². The van der Waals surface area contributed by atoms with Crippen LogP contribution in [-0.4, -0.2) is 6.54 Å². The molecule has 1 fully saturated rings. The van der Waals surface area contributed by atoms with E-state index in [2.05, 4.69) is 36.7 Å². The number of thiophene rings is 1. The topological polar surface area (TPSA) is 12.0 Å². The first kappa shape index (κ1) is 11.2. The summed E-state index contributed by atoms with van der Waals surface area (Å²) in [6.07, 6.45) is 4.28. The number of rotatable bonds is 4. The molecule has 0 saturated heterocycles. The van der Waals surface area contributed by atoms with Crippen molar-refractivity contribution in [2.75, 3.05) is 6.54 Å². The number of hydrogen-bond donors (Lipinski definition) is 1. The Labute approximate surface area is 96.9 Å². The third-order valence-corrected chi connectivity index (χ3v) is 4.75. The predicted molar refractivity (Wildman–Crippen MR) is 67.2 cm³/mol. The minimum absolute atomic E-state index is 0.526. The molecule has 2 heteroatoms. The van der Waals surface area contributed by atoms with E-state index in [0.717, 1.165) is 11.8 Å². The van der Waals surface area contributed by atoms with Crippen LogP contribution in [0.5, 0.6) is 0 Å². The molecule has 3 unspecified atom stereocenters. The van der Waals surface area contributed by atoms with Crippen LogP contribution in [0, 0.1) is 11.8 Å². The monoisotopic (exact) mass is 223 g/mol. The second-order valence-corrected chi connectivity index (χ2v) is 5.79. The average molecular weight is 223 g/mol. The van der Waals surface area contributed by atoms with Crippen molar-refractivity contribution in [3.8, 4) is 0 Å². The molecule has 1 heterocycles. The maximum absolute atomic E-state index is 3.67. The van der Waals surface area contributed by atoms with Crippen molar-refractivity contribution in [3.63, 3.8) is 0 Å². The molecule has 1 aromatic heterocycles. The Kier molecular flexibility index (Phi) is 3.81. The zero-order chi connectivity index (χ0) is 10.7. The van der Waals surface area contributed by atoms with Gasteiger partial charge < -0.3 is 5.32 Å². The molecule has 1 aliphatic rings. The maximum Gasteiger partial charge on any atom is 0.0386 e. The zero-order valence-electron chi connectivity index (χ0n) is 9.70. The molecule has 0 aromatic carbocycles. The van der Waals surface area contributed by atoms with Gasteiger partial charge in [0.2, 0.25) is 0 Å². The Morgan fingerprint density at radius 3 is 3.00 bits per heavy atom. The molecule has 3 atom stereocenters. The predicted octanol–water partition coefficient (Wildman–Crippen LogP) is 3.83. The van der Waals surface area contributed by atoms with E-state index < -0.39 is 0 Å². The van der Waals surface area contributed by atoms with E-state index in [0.29, 0.717) is 6.04 Å². The molecule has 0 spiro atoms. The molecule has 1 N–H and O–H groups in total. The van der Waals surface area contributed by atoms with Gasteiger partial charge in [0.25, 0.3) is 0 Å². The van der Waals surface area contributed by atoms with Crippen molar-refractivity contribution in [1.82, 2.24) is 5.32 Å². The quantitative estimate of drug-likeness (QED) is 0.818. The fourth-order valence-electron chi connectivity index (χ4n) is 2.49. The maximum atomic E-state index is 3.67. The summed E-state index contributed by atoms with van der Waals surface area (Å²) in [5.41, 5.74) is 0. The van der Waals surface area contributed by atoms with Gasteiger partial charge in [0, 0.05) is 10.9 Å². The highest BCUT2D eigenvalue weighted by molar-refractivity contribution is 7.10. The van der Waals surface area contributed by atoms with Crippen LogP contribution in [0.3, 0.4) is 0 Å². The van der Waals surface area contributed by atoms with Gasteiger partial charge in [-0.25, -0.2) is 0 Å². The second kappa shape index (κ2) is 5.13. The normalized spacial score (nSPS) is 28.1. The third kappa shape index (κ3) is 2.82. The minimum atomic E-state index is 0.526. The highest BCUT2D eigenvalue weighted by Gasteiger charge is 2.23. The average Bonchev–Trinajstić information content (AvgIpc) is 2.85. The Morgan fingerprint density at radius 2 is 2.40 bits per heavy atom. The van der Waals surface area contributed by atoms with E-state index in [9.17, 15) is 0 Å². The van der Waals surface area contributed by atoms with Crippen molar-refractivity contribution < 1.29 is 0 Å². The van der Waals surface area contributed by atoms with Gasteiger partial charge in [0.1, 0.15) is 0 Å². The third-order valence-electron chi connectivity index (χ3n) is 3.70. The van der Waals surface area contributed by atoms with E-state index in [1.54, 1.807) is 0 Å². The van der Waals surface area contributed by atoms with E-state index in [4.69, 9.17) is 0 Å². The van der Waals surface area contributed by atoms with E-state index >= 15 is 0 Å². The smallest absolute Gasteiger partial charge is 0.0386 e. The summed E-state index contributed by atoms with van der Waals surface area (Å²) in [5, 5.41) is 5.83. The molecule has 1 aromatic rings. The van der Waals surface area contributed by atoms with Gasteiger partial charge in [-0.1, -0.05) is 25.8 Å². The van der Waals surface area contributed by atoms with Crippen molar-refractivity contribution in [2.24, 2.45) is 11.8 Å². The number of hydrogen-bond acceptors (Lipinski definition) is 2. The van der Waals surface area contributed by atoms with Gasteiger partial charge in [0.15, 0.2) is 0 Å². The molecule has 1 nitrogen and oxygen atoms in total. The van der Waals surface area contributed by atoms with Gasteiger partial charge in [0.05, 0.1) is 0 Å². The summed E-state index contributed by atoms with van der Waals surface area (Å²) in [6.45, 7) is 5.86. The molecule has 1 aliphatic carbocycles. The summed E-state index contributed by atoms with van der Waals surface area (Å²) in [4.78, 5) is 1.46. The van der Waals surface area contributed by atoms with Gasteiger partial charge in [-0.15, -0.1) is 11.3 Å². The standard InChI is InChI=1S/C13H21NS/c1-10-5-3-6-12(10)9-14-11(2)13-7-4-8-15-13/h4,7-8,10-12,14H,3,5-6,9H2,1-2H3. The molecule has 84 valence electrons. The zero-order valence-corrected chi connectivity index (χ0v) is 10.5. The largest absolute Gasteiger partial charge is 0.309 e. The van der Waals surface area contributed by atoms with Crippen LogP contribution in [-0.2, 0) is 0 Å². The van der Waals surface area contributed by atoms with Gasteiger partial charge in [-0.05, 0) is 43.2 Å². The molecule has 15 heavy (non-hydrogen) atoms. The van der Waals surface area contributed by atoms with Crippen LogP contribution in [0.4, 0.5) is 0 Å².